The largest absolute Gasteiger partial charge is 0.494 e. The number of ketones is 1. The molecule has 20 heavy (non-hydrogen) atoms. The van der Waals surface area contributed by atoms with Gasteiger partial charge in [0.1, 0.15) is 0 Å². The van der Waals surface area contributed by atoms with Gasteiger partial charge in [0.15, 0.2) is 17.3 Å². The number of nitrogens with two attached hydrogens (primary N) is 1. The van der Waals surface area contributed by atoms with Crippen LogP contribution in [-0.4, -0.2) is 12.9 Å². The van der Waals surface area contributed by atoms with Crippen molar-refractivity contribution in [3.8, 4) is 5.75 Å². The maximum atomic E-state index is 14.1. The van der Waals surface area contributed by atoms with Crippen LogP contribution in [0.4, 0.5) is 10.1 Å². The van der Waals surface area contributed by atoms with Gasteiger partial charge >= 0.3 is 0 Å². The zero-order valence-electron chi connectivity index (χ0n) is 10.4. The molecule has 0 atom stereocenters. The summed E-state index contributed by atoms with van der Waals surface area (Å²) in [6.07, 6.45) is 0. The fourth-order valence-electron chi connectivity index (χ4n) is 1.71. The number of hydrogen-bond donors (Lipinski definition) is 1. The first kappa shape index (κ1) is 14.6. The third-order valence-electron chi connectivity index (χ3n) is 2.77. The van der Waals surface area contributed by atoms with Gasteiger partial charge in [0.2, 0.25) is 0 Å². The van der Waals surface area contributed by atoms with Gasteiger partial charge in [0.25, 0.3) is 0 Å². The third kappa shape index (κ3) is 2.57. The number of hydrogen-bond acceptors (Lipinski definition) is 3. The Balaban J connectivity index is 2.52. The van der Waals surface area contributed by atoms with Crippen LogP contribution in [0.5, 0.6) is 5.75 Å². The molecule has 0 saturated carbocycles. The minimum absolute atomic E-state index is 0.0107. The van der Waals surface area contributed by atoms with Gasteiger partial charge in [0.05, 0.1) is 28.4 Å². The summed E-state index contributed by atoms with van der Waals surface area (Å²) in [7, 11) is 1.32. The van der Waals surface area contributed by atoms with Crippen LogP contribution in [-0.2, 0) is 0 Å². The van der Waals surface area contributed by atoms with Crippen LogP contribution in [0.15, 0.2) is 30.3 Å². The molecule has 0 aliphatic carbocycles. The van der Waals surface area contributed by atoms with Gasteiger partial charge in [-0.15, -0.1) is 0 Å². The van der Waals surface area contributed by atoms with E-state index >= 15 is 0 Å². The van der Waals surface area contributed by atoms with Crippen LogP contribution in [0.3, 0.4) is 0 Å². The maximum Gasteiger partial charge on any atom is 0.196 e. The summed E-state index contributed by atoms with van der Waals surface area (Å²) in [5, 5.41) is 0.285. The molecule has 2 aromatic rings. The van der Waals surface area contributed by atoms with Crippen LogP contribution in [0.25, 0.3) is 0 Å². The average molecular weight is 314 g/mol. The van der Waals surface area contributed by atoms with Gasteiger partial charge in [-0.3, -0.25) is 4.79 Å². The standard InChI is InChI=1S/C14H10Cl2FNO2/c1-20-11-4-2-3-8(12(11)17)14(19)7-5-9(15)13(18)10(16)6-7/h2-6H,18H2,1H3. The molecular weight excluding hydrogens is 304 g/mol. The van der Waals surface area contributed by atoms with Crippen molar-refractivity contribution in [2.24, 2.45) is 0 Å². The van der Waals surface area contributed by atoms with Crippen LogP contribution in [0.2, 0.25) is 10.0 Å². The van der Waals surface area contributed by atoms with Crippen molar-refractivity contribution in [1.82, 2.24) is 0 Å². The van der Waals surface area contributed by atoms with E-state index < -0.39 is 11.6 Å². The van der Waals surface area contributed by atoms with E-state index in [0.29, 0.717) is 0 Å². The number of methoxy groups -OCH3 is 1. The van der Waals surface area contributed by atoms with Crippen molar-refractivity contribution >= 4 is 34.7 Å². The van der Waals surface area contributed by atoms with Gasteiger partial charge in [0, 0.05) is 5.56 Å². The zero-order chi connectivity index (χ0) is 14.9. The molecule has 6 heteroatoms. The Morgan fingerprint density at radius 3 is 2.40 bits per heavy atom. The van der Waals surface area contributed by atoms with E-state index in [1.54, 1.807) is 0 Å². The molecule has 2 rings (SSSR count). The number of rotatable bonds is 3. The van der Waals surface area contributed by atoms with E-state index in [9.17, 15) is 9.18 Å². The molecule has 0 aromatic heterocycles. The topological polar surface area (TPSA) is 52.3 Å². The Bertz CT molecular complexity index is 666. The van der Waals surface area contributed by atoms with Crippen molar-refractivity contribution < 1.29 is 13.9 Å². The highest BCUT2D eigenvalue weighted by atomic mass is 35.5. The fourth-order valence-corrected chi connectivity index (χ4v) is 2.20. The highest BCUT2D eigenvalue weighted by molar-refractivity contribution is 6.39. The summed E-state index contributed by atoms with van der Waals surface area (Å²) in [4.78, 5) is 12.3. The van der Waals surface area contributed by atoms with Gasteiger partial charge < -0.3 is 10.5 Å². The lowest BCUT2D eigenvalue weighted by Crippen LogP contribution is -2.06. The Hall–Kier alpha value is -1.78. The van der Waals surface area contributed by atoms with E-state index in [1.807, 2.05) is 0 Å². The molecular formula is C14H10Cl2FNO2. The van der Waals surface area contributed by atoms with E-state index in [-0.39, 0.29) is 32.6 Å². The Morgan fingerprint density at radius 2 is 1.85 bits per heavy atom. The SMILES string of the molecule is COc1cccc(C(=O)c2cc(Cl)c(N)c(Cl)c2)c1F. The second-order valence-electron chi connectivity index (χ2n) is 4.00. The number of halogens is 3. The second-order valence-corrected chi connectivity index (χ2v) is 4.82. The molecule has 0 saturated heterocycles. The monoisotopic (exact) mass is 313 g/mol. The van der Waals surface area contributed by atoms with Gasteiger partial charge in [-0.05, 0) is 24.3 Å². The van der Waals surface area contributed by atoms with Crippen molar-refractivity contribution in [2.45, 2.75) is 0 Å². The molecule has 0 spiro atoms. The number of nitrogen functional groups attached to an aromatic ring is 1. The summed E-state index contributed by atoms with van der Waals surface area (Å²) in [5.41, 5.74) is 5.80. The van der Waals surface area contributed by atoms with Gasteiger partial charge in [-0.25, -0.2) is 4.39 Å². The Labute approximate surface area is 125 Å². The average Bonchev–Trinajstić information content (AvgIpc) is 2.43. The smallest absolute Gasteiger partial charge is 0.196 e. The van der Waals surface area contributed by atoms with Crippen LogP contribution < -0.4 is 10.5 Å². The molecule has 2 aromatic carbocycles. The molecule has 2 N–H and O–H groups in total. The predicted molar refractivity (Wildman–Crippen MR) is 77.3 cm³/mol. The molecule has 0 radical (unpaired) electrons. The fraction of sp³-hybridized carbons (Fsp3) is 0.0714. The zero-order valence-corrected chi connectivity index (χ0v) is 11.9. The van der Waals surface area contributed by atoms with Crippen molar-refractivity contribution in [3.05, 3.63) is 57.3 Å². The summed E-state index contributed by atoms with van der Waals surface area (Å²) in [6.45, 7) is 0. The Morgan fingerprint density at radius 1 is 1.25 bits per heavy atom. The van der Waals surface area contributed by atoms with Gasteiger partial charge in [-0.1, -0.05) is 29.3 Å². The van der Waals surface area contributed by atoms with Crippen molar-refractivity contribution in [3.63, 3.8) is 0 Å². The van der Waals surface area contributed by atoms with E-state index in [0.717, 1.165) is 0 Å². The molecule has 0 bridgehead atoms. The molecule has 3 nitrogen and oxygen atoms in total. The summed E-state index contributed by atoms with van der Waals surface area (Å²) < 4.78 is 18.9. The number of ether oxygens (including phenoxy) is 1. The number of benzene rings is 2. The van der Waals surface area contributed by atoms with Gasteiger partial charge in [-0.2, -0.15) is 0 Å². The maximum absolute atomic E-state index is 14.1. The number of carbonyl (C=O) groups is 1. The Kier molecular flexibility index (Phi) is 4.16. The van der Waals surface area contributed by atoms with Crippen molar-refractivity contribution in [1.29, 1.82) is 0 Å². The highest BCUT2D eigenvalue weighted by Crippen LogP contribution is 2.30. The van der Waals surface area contributed by atoms with E-state index in [2.05, 4.69) is 0 Å². The van der Waals surface area contributed by atoms with Crippen molar-refractivity contribution in [2.75, 3.05) is 12.8 Å². The molecule has 0 heterocycles. The molecule has 0 fully saturated rings. The summed E-state index contributed by atoms with van der Waals surface area (Å²) >= 11 is 11.7. The third-order valence-corrected chi connectivity index (χ3v) is 3.39. The molecule has 0 amide bonds. The molecule has 0 unspecified atom stereocenters. The normalized spacial score (nSPS) is 10.4. The first-order valence-corrected chi connectivity index (χ1v) is 6.33. The minimum atomic E-state index is -0.732. The van der Waals surface area contributed by atoms with Crippen LogP contribution in [0.1, 0.15) is 15.9 Å². The highest BCUT2D eigenvalue weighted by Gasteiger charge is 2.19. The molecule has 0 aliphatic heterocycles. The predicted octanol–water partition coefficient (Wildman–Crippen LogP) is 3.95. The van der Waals surface area contributed by atoms with E-state index in [4.69, 9.17) is 33.7 Å². The summed E-state index contributed by atoms with van der Waals surface area (Å²) in [5.74, 6) is -1.29. The van der Waals surface area contributed by atoms with Crippen LogP contribution >= 0.6 is 23.2 Å². The van der Waals surface area contributed by atoms with E-state index in [1.165, 1.54) is 37.4 Å². The molecule has 0 aliphatic rings. The van der Waals surface area contributed by atoms with Crippen LogP contribution in [0, 0.1) is 5.82 Å². The first-order valence-electron chi connectivity index (χ1n) is 5.57. The quantitative estimate of drug-likeness (QED) is 0.689. The number of carbonyl (C=O) groups excluding carboxylic acids is 1. The lowest BCUT2D eigenvalue weighted by Gasteiger charge is -2.08. The summed E-state index contributed by atoms with van der Waals surface area (Å²) in [6, 6.07) is 7.01. The minimum Gasteiger partial charge on any atom is -0.494 e. The molecule has 104 valence electrons. The first-order chi connectivity index (χ1) is 9.45. The lowest BCUT2D eigenvalue weighted by molar-refractivity contribution is 0.103. The second kappa shape index (κ2) is 5.69. The number of anilines is 1. The lowest BCUT2D eigenvalue weighted by atomic mass is 10.0.